The summed E-state index contributed by atoms with van der Waals surface area (Å²) in [5, 5.41) is 4.79. The fourth-order valence-corrected chi connectivity index (χ4v) is 7.15. The van der Waals surface area contributed by atoms with Gasteiger partial charge in [0.1, 0.15) is 18.2 Å². The molecule has 3 aliphatic carbocycles. The summed E-state index contributed by atoms with van der Waals surface area (Å²) in [6.07, 6.45) is 6.87. The van der Waals surface area contributed by atoms with Gasteiger partial charge in [0.25, 0.3) is 0 Å². The minimum Gasteiger partial charge on any atom is -0.455 e. The molecule has 0 aliphatic heterocycles. The quantitative estimate of drug-likeness (QED) is 0.224. The van der Waals surface area contributed by atoms with Crippen molar-refractivity contribution in [1.29, 1.82) is 0 Å². The van der Waals surface area contributed by atoms with Crippen LogP contribution >= 0.6 is 0 Å². The zero-order valence-corrected chi connectivity index (χ0v) is 22.0. The van der Waals surface area contributed by atoms with Gasteiger partial charge in [-0.15, -0.1) is 0 Å². The lowest BCUT2D eigenvalue weighted by Gasteiger charge is -2.45. The maximum absolute atomic E-state index is 9.15. The van der Waals surface area contributed by atoms with Crippen LogP contribution in [0.2, 0.25) is 0 Å². The summed E-state index contributed by atoms with van der Waals surface area (Å²) in [4.78, 5) is 0. The predicted molar refractivity (Wildman–Crippen MR) is 156 cm³/mol. The lowest BCUT2D eigenvalue weighted by atomic mass is 9.60. The molecule has 2 nitrogen and oxygen atoms in total. The Balaban J connectivity index is 1.24. The Bertz CT molecular complexity index is 1900. The standard InChI is InChI=1S/C36H32NO/c1-22-7-13-31-35-30-6-4-3-5-27(30)12-14-33(35)38-36(31)34(22)32-21-28(15-16-37(32)2)25-8-10-26(11-9-25)29-19-23-17-24(18-23)20-29/h3-16,21,23-24,29H,17-20H2,1-2H3/q+1/i29D. The van der Waals surface area contributed by atoms with Gasteiger partial charge in [0.2, 0.25) is 5.69 Å². The molecule has 4 aromatic carbocycles. The Kier molecular flexibility index (Phi) is 4.60. The van der Waals surface area contributed by atoms with E-state index in [-0.39, 0.29) is 0 Å². The normalized spacial score (nSPS) is 23.1. The number of rotatable bonds is 3. The van der Waals surface area contributed by atoms with Crippen molar-refractivity contribution >= 4 is 32.7 Å². The highest BCUT2D eigenvalue weighted by Gasteiger charge is 2.38. The molecule has 2 heterocycles. The molecule has 3 saturated carbocycles. The average molecular weight is 496 g/mol. The van der Waals surface area contributed by atoms with Gasteiger partial charge in [-0.1, -0.05) is 66.7 Å². The van der Waals surface area contributed by atoms with Crippen LogP contribution < -0.4 is 4.57 Å². The van der Waals surface area contributed by atoms with Crippen LogP contribution in [-0.2, 0) is 7.05 Å². The summed E-state index contributed by atoms with van der Waals surface area (Å²) in [7, 11) is 2.11. The number of hydrogen-bond acceptors (Lipinski definition) is 1. The SMILES string of the molecule is [2H]C1(c2ccc(-c3cc[n+](C)c(-c4c(C)ccc5c4oc4ccc6ccccc6c45)c3)cc2)CC2CC(C2)C1. The van der Waals surface area contributed by atoms with Gasteiger partial charge >= 0.3 is 0 Å². The number of fused-ring (bicyclic) bond motifs is 7. The Morgan fingerprint density at radius 1 is 0.789 bits per heavy atom. The molecule has 3 aliphatic rings. The van der Waals surface area contributed by atoms with E-state index in [0.717, 1.165) is 52.5 Å². The Hall–Kier alpha value is -3.91. The average Bonchev–Trinajstić information content (AvgIpc) is 3.32. The summed E-state index contributed by atoms with van der Waals surface area (Å²) in [5.41, 5.74) is 8.88. The number of aryl methyl sites for hydroxylation is 2. The first-order valence-corrected chi connectivity index (χ1v) is 13.9. The number of aromatic nitrogens is 1. The molecule has 0 atom stereocenters. The molecule has 186 valence electrons. The third-order valence-corrected chi connectivity index (χ3v) is 9.17. The van der Waals surface area contributed by atoms with E-state index in [2.05, 4.69) is 110 Å². The van der Waals surface area contributed by atoms with E-state index in [1.807, 2.05) is 0 Å². The number of nitrogens with zero attached hydrogens (tertiary/aromatic N) is 1. The Morgan fingerprint density at radius 3 is 2.39 bits per heavy atom. The number of hydrogen-bond donors (Lipinski definition) is 0. The van der Waals surface area contributed by atoms with Gasteiger partial charge in [0, 0.05) is 24.3 Å². The lowest BCUT2D eigenvalue weighted by molar-refractivity contribution is -0.660. The predicted octanol–water partition coefficient (Wildman–Crippen LogP) is 9.11. The fourth-order valence-electron chi connectivity index (χ4n) is 7.15. The Morgan fingerprint density at radius 2 is 1.58 bits per heavy atom. The summed E-state index contributed by atoms with van der Waals surface area (Å²) in [6, 6.07) is 30.5. The highest BCUT2D eigenvalue weighted by molar-refractivity contribution is 6.20. The van der Waals surface area contributed by atoms with E-state index in [1.54, 1.807) is 0 Å². The zero-order chi connectivity index (χ0) is 26.3. The Labute approximate surface area is 224 Å². The summed E-state index contributed by atoms with van der Waals surface area (Å²) >= 11 is 0. The molecule has 0 saturated heterocycles. The molecule has 3 fully saturated rings. The second-order valence-corrected chi connectivity index (χ2v) is 11.6. The highest BCUT2D eigenvalue weighted by atomic mass is 16.3. The minimum atomic E-state index is -0.406. The van der Waals surface area contributed by atoms with Gasteiger partial charge in [-0.2, -0.15) is 0 Å². The van der Waals surface area contributed by atoms with Gasteiger partial charge in [-0.05, 0) is 89.4 Å². The molecule has 0 spiro atoms. The van der Waals surface area contributed by atoms with Crippen molar-refractivity contribution in [2.24, 2.45) is 18.9 Å². The molecule has 0 amide bonds. The minimum absolute atomic E-state index is 0.406. The molecule has 0 N–H and O–H groups in total. The van der Waals surface area contributed by atoms with E-state index in [1.165, 1.54) is 51.3 Å². The highest BCUT2D eigenvalue weighted by Crippen LogP contribution is 2.51. The van der Waals surface area contributed by atoms with Crippen LogP contribution in [0.25, 0.3) is 55.1 Å². The van der Waals surface area contributed by atoms with Gasteiger partial charge in [-0.25, -0.2) is 4.57 Å². The first-order valence-electron chi connectivity index (χ1n) is 14.4. The molecule has 2 heteroatoms. The third kappa shape index (κ3) is 3.36. The lowest BCUT2D eigenvalue weighted by Crippen LogP contribution is -2.32. The molecule has 9 rings (SSSR count). The van der Waals surface area contributed by atoms with Gasteiger partial charge in [0.15, 0.2) is 6.20 Å². The molecule has 2 aromatic heterocycles. The van der Waals surface area contributed by atoms with Crippen LogP contribution in [0.4, 0.5) is 0 Å². The van der Waals surface area contributed by atoms with E-state index in [0.29, 0.717) is 0 Å². The maximum Gasteiger partial charge on any atom is 0.216 e. The topological polar surface area (TPSA) is 17.0 Å². The smallest absolute Gasteiger partial charge is 0.216 e. The molecular formula is C36H32NO+. The maximum atomic E-state index is 9.15. The van der Waals surface area contributed by atoms with Crippen molar-refractivity contribution in [2.75, 3.05) is 0 Å². The monoisotopic (exact) mass is 495 g/mol. The van der Waals surface area contributed by atoms with Crippen LogP contribution in [0.3, 0.4) is 0 Å². The van der Waals surface area contributed by atoms with Crippen LogP contribution in [0, 0.1) is 18.8 Å². The fraction of sp³-hybridized carbons (Fsp3) is 0.250. The van der Waals surface area contributed by atoms with E-state index in [9.17, 15) is 0 Å². The van der Waals surface area contributed by atoms with Crippen LogP contribution in [0.15, 0.2) is 95.5 Å². The molecule has 38 heavy (non-hydrogen) atoms. The van der Waals surface area contributed by atoms with Crippen molar-refractivity contribution < 1.29 is 10.4 Å². The van der Waals surface area contributed by atoms with E-state index >= 15 is 0 Å². The number of pyridine rings is 1. The van der Waals surface area contributed by atoms with Crippen LogP contribution in [0.5, 0.6) is 0 Å². The number of benzene rings is 4. The van der Waals surface area contributed by atoms with Gasteiger partial charge in [0.05, 0.1) is 5.56 Å². The van der Waals surface area contributed by atoms with Crippen molar-refractivity contribution in [3.63, 3.8) is 0 Å². The van der Waals surface area contributed by atoms with Gasteiger partial charge < -0.3 is 4.42 Å². The molecule has 0 radical (unpaired) electrons. The summed E-state index contributed by atoms with van der Waals surface area (Å²) < 4.78 is 17.9. The molecular weight excluding hydrogens is 462 g/mol. The third-order valence-electron chi connectivity index (χ3n) is 9.17. The second-order valence-electron chi connectivity index (χ2n) is 11.6. The van der Waals surface area contributed by atoms with Crippen molar-refractivity contribution in [2.45, 2.75) is 38.5 Å². The summed E-state index contributed by atoms with van der Waals surface area (Å²) in [5.74, 6) is 1.12. The first kappa shape index (κ1) is 21.1. The van der Waals surface area contributed by atoms with Crippen LogP contribution in [-0.4, -0.2) is 0 Å². The van der Waals surface area contributed by atoms with Crippen molar-refractivity contribution in [3.8, 4) is 22.4 Å². The van der Waals surface area contributed by atoms with Crippen LogP contribution in [0.1, 0.15) is 44.1 Å². The molecule has 2 bridgehead atoms. The summed E-state index contributed by atoms with van der Waals surface area (Å²) in [6.45, 7) is 2.17. The molecule has 6 aromatic rings. The molecule has 0 unspecified atom stereocenters. The van der Waals surface area contributed by atoms with E-state index in [4.69, 9.17) is 5.79 Å². The zero-order valence-electron chi connectivity index (χ0n) is 23.0. The van der Waals surface area contributed by atoms with Crippen molar-refractivity contribution in [3.05, 3.63) is 102 Å². The largest absolute Gasteiger partial charge is 0.455 e. The second kappa shape index (κ2) is 8.30. The van der Waals surface area contributed by atoms with E-state index < -0.39 is 5.89 Å². The van der Waals surface area contributed by atoms with Crippen molar-refractivity contribution in [1.82, 2.24) is 0 Å². The first-order chi connectivity index (χ1) is 19.0. The van der Waals surface area contributed by atoms with Gasteiger partial charge in [-0.3, -0.25) is 0 Å². The number of furan rings is 1.